The normalized spacial score (nSPS) is 17.8. The average molecular weight is 357 g/mol. The molecule has 0 aliphatic carbocycles. The van der Waals surface area contributed by atoms with E-state index >= 15 is 0 Å². The first kappa shape index (κ1) is 18.5. The fourth-order valence-corrected chi connectivity index (χ4v) is 2.83. The third-order valence-corrected chi connectivity index (χ3v) is 3.98. The predicted octanol–water partition coefficient (Wildman–Crippen LogP) is 1.21. The number of hydrogen-bond donors (Lipinski definition) is 1. The Kier molecular flexibility index (Phi) is 6.42. The maximum absolute atomic E-state index is 12.7. The number of morpholine rings is 1. The number of hydrogen-bond acceptors (Lipinski definition) is 5. The van der Waals surface area contributed by atoms with Crippen LogP contribution < -0.4 is 4.74 Å². The summed E-state index contributed by atoms with van der Waals surface area (Å²) in [4.78, 5) is 26.8. The van der Waals surface area contributed by atoms with E-state index in [1.54, 1.807) is 35.0 Å². The van der Waals surface area contributed by atoms with Crippen LogP contribution in [0, 0.1) is 0 Å². The van der Waals surface area contributed by atoms with Crippen LogP contribution in [0.25, 0.3) is 0 Å². The molecule has 2 rings (SSSR count). The number of ether oxygens (including phenoxy) is 2. The first-order valence-electron chi connectivity index (χ1n) is 7.55. The van der Waals surface area contributed by atoms with Crippen molar-refractivity contribution >= 4 is 23.5 Å². The van der Waals surface area contributed by atoms with Crippen LogP contribution in [-0.2, 0) is 9.53 Å². The van der Waals surface area contributed by atoms with E-state index in [1.807, 2.05) is 0 Å². The summed E-state index contributed by atoms with van der Waals surface area (Å²) >= 11 is 5.93. The van der Waals surface area contributed by atoms with Crippen LogP contribution >= 0.6 is 11.6 Å². The number of carbonyl (C=O) groups excluding carboxylic acids is 1. The molecule has 1 aromatic rings. The zero-order chi connectivity index (χ0) is 17.7. The van der Waals surface area contributed by atoms with Crippen LogP contribution in [0.2, 0.25) is 5.02 Å². The number of methoxy groups -OCH3 is 1. The average Bonchev–Trinajstić information content (AvgIpc) is 2.53. The van der Waals surface area contributed by atoms with Crippen LogP contribution in [-0.4, -0.2) is 79.8 Å². The van der Waals surface area contributed by atoms with Crippen molar-refractivity contribution in [2.45, 2.75) is 6.10 Å². The smallest absolute Gasteiger partial charge is 0.317 e. The monoisotopic (exact) mass is 356 g/mol. The summed E-state index contributed by atoms with van der Waals surface area (Å²) in [7, 11) is 3.20. The Hall–Kier alpha value is -1.83. The second-order valence-corrected chi connectivity index (χ2v) is 6.12. The van der Waals surface area contributed by atoms with Gasteiger partial charge in [0.2, 0.25) is 0 Å². The molecular formula is C16H21ClN2O5. The molecule has 1 N–H and O–H groups in total. The van der Waals surface area contributed by atoms with Crippen LogP contribution in [0.15, 0.2) is 18.2 Å². The number of rotatable bonds is 6. The Morgan fingerprint density at radius 3 is 2.92 bits per heavy atom. The van der Waals surface area contributed by atoms with E-state index in [9.17, 15) is 9.59 Å². The van der Waals surface area contributed by atoms with E-state index in [4.69, 9.17) is 26.2 Å². The molecule has 0 spiro atoms. The maximum atomic E-state index is 12.7. The fraction of sp³-hybridized carbons (Fsp3) is 0.500. The van der Waals surface area contributed by atoms with Gasteiger partial charge in [-0.2, -0.15) is 0 Å². The molecule has 132 valence electrons. The van der Waals surface area contributed by atoms with Gasteiger partial charge in [0.15, 0.2) is 0 Å². The number of carbonyl (C=O) groups is 2. The van der Waals surface area contributed by atoms with Crippen LogP contribution in [0.4, 0.5) is 0 Å². The van der Waals surface area contributed by atoms with Crippen molar-refractivity contribution in [3.63, 3.8) is 0 Å². The molecule has 24 heavy (non-hydrogen) atoms. The Morgan fingerprint density at radius 2 is 2.25 bits per heavy atom. The Labute approximate surface area is 145 Å². The Morgan fingerprint density at radius 1 is 1.50 bits per heavy atom. The summed E-state index contributed by atoms with van der Waals surface area (Å²) < 4.78 is 10.9. The largest absolute Gasteiger partial charge is 0.496 e. The summed E-state index contributed by atoms with van der Waals surface area (Å²) in [6.45, 7) is 1.65. The van der Waals surface area contributed by atoms with Gasteiger partial charge in [0, 0.05) is 24.7 Å². The molecule has 1 unspecified atom stereocenters. The van der Waals surface area contributed by atoms with E-state index in [2.05, 4.69) is 0 Å². The number of halogens is 1. The van der Waals surface area contributed by atoms with Gasteiger partial charge in [-0.25, -0.2) is 0 Å². The lowest BCUT2D eigenvalue weighted by molar-refractivity contribution is -0.138. The molecule has 1 aliphatic rings. The second-order valence-electron chi connectivity index (χ2n) is 5.68. The van der Waals surface area contributed by atoms with Crippen molar-refractivity contribution in [3.05, 3.63) is 28.8 Å². The maximum Gasteiger partial charge on any atom is 0.317 e. The van der Waals surface area contributed by atoms with E-state index in [0.29, 0.717) is 42.6 Å². The van der Waals surface area contributed by atoms with Gasteiger partial charge >= 0.3 is 5.97 Å². The van der Waals surface area contributed by atoms with E-state index < -0.39 is 5.97 Å². The van der Waals surface area contributed by atoms with Gasteiger partial charge in [-0.1, -0.05) is 11.6 Å². The second kappa shape index (κ2) is 8.32. The number of aliphatic carboxylic acids is 1. The lowest BCUT2D eigenvalue weighted by Crippen LogP contribution is -2.49. The molecule has 8 heteroatoms. The standard InChI is InChI=1S/C16H21ClN2O5/c1-18(10-15(20)21)8-12-9-19(5-6-24-12)16(22)13-4-3-11(17)7-14(13)23-2/h3-4,7,12H,5-6,8-10H2,1-2H3,(H,20,21). The highest BCUT2D eigenvalue weighted by Gasteiger charge is 2.27. The molecule has 1 aromatic carbocycles. The van der Waals surface area contributed by atoms with Gasteiger partial charge < -0.3 is 19.5 Å². The van der Waals surface area contributed by atoms with Gasteiger partial charge in [0.1, 0.15) is 5.75 Å². The van der Waals surface area contributed by atoms with Crippen molar-refractivity contribution < 1.29 is 24.2 Å². The molecule has 0 bridgehead atoms. The minimum atomic E-state index is -0.896. The van der Waals surface area contributed by atoms with E-state index in [1.165, 1.54) is 7.11 Å². The molecule has 0 aromatic heterocycles. The minimum Gasteiger partial charge on any atom is -0.496 e. The number of nitrogens with zero attached hydrogens (tertiary/aromatic N) is 2. The zero-order valence-corrected chi connectivity index (χ0v) is 14.5. The van der Waals surface area contributed by atoms with Gasteiger partial charge in [0.25, 0.3) is 5.91 Å². The number of benzene rings is 1. The van der Waals surface area contributed by atoms with Crippen LogP contribution in [0.1, 0.15) is 10.4 Å². The molecule has 0 radical (unpaired) electrons. The number of carboxylic acid groups (broad SMARTS) is 1. The highest BCUT2D eigenvalue weighted by Crippen LogP contribution is 2.25. The third-order valence-electron chi connectivity index (χ3n) is 3.74. The van der Waals surface area contributed by atoms with Crippen LogP contribution in [0.5, 0.6) is 5.75 Å². The first-order valence-corrected chi connectivity index (χ1v) is 7.93. The highest BCUT2D eigenvalue weighted by molar-refractivity contribution is 6.30. The third kappa shape index (κ3) is 4.83. The van der Waals surface area contributed by atoms with E-state index in [0.717, 1.165) is 0 Å². The number of carboxylic acids is 1. The predicted molar refractivity (Wildman–Crippen MR) is 88.8 cm³/mol. The van der Waals surface area contributed by atoms with Gasteiger partial charge in [-0.3, -0.25) is 14.5 Å². The van der Waals surface area contributed by atoms with E-state index in [-0.39, 0.29) is 18.6 Å². The summed E-state index contributed by atoms with van der Waals surface area (Å²) in [5, 5.41) is 9.31. The van der Waals surface area contributed by atoms with Crippen LogP contribution in [0.3, 0.4) is 0 Å². The molecule has 1 amide bonds. The molecular weight excluding hydrogens is 336 g/mol. The molecule has 1 atom stereocenters. The van der Waals surface area contributed by atoms with Crippen molar-refractivity contribution in [2.24, 2.45) is 0 Å². The summed E-state index contributed by atoms with van der Waals surface area (Å²) in [6.07, 6.45) is -0.231. The Bertz CT molecular complexity index is 610. The quantitative estimate of drug-likeness (QED) is 0.825. The summed E-state index contributed by atoms with van der Waals surface area (Å²) in [5.41, 5.74) is 0.446. The van der Waals surface area contributed by atoms with Gasteiger partial charge in [-0.15, -0.1) is 0 Å². The van der Waals surface area contributed by atoms with Crippen molar-refractivity contribution in [1.29, 1.82) is 0 Å². The number of likely N-dealkylation sites (N-methyl/N-ethyl adjacent to an activating group) is 1. The lowest BCUT2D eigenvalue weighted by atomic mass is 10.1. The molecule has 7 nitrogen and oxygen atoms in total. The van der Waals surface area contributed by atoms with Crippen molar-refractivity contribution in [3.8, 4) is 5.75 Å². The first-order chi connectivity index (χ1) is 11.4. The molecule has 1 fully saturated rings. The van der Waals surface area contributed by atoms with Gasteiger partial charge in [-0.05, 0) is 25.2 Å². The lowest BCUT2D eigenvalue weighted by Gasteiger charge is -2.34. The fourth-order valence-electron chi connectivity index (χ4n) is 2.67. The van der Waals surface area contributed by atoms with Crippen molar-refractivity contribution in [2.75, 3.05) is 46.9 Å². The molecule has 0 saturated carbocycles. The Balaban J connectivity index is 2.03. The SMILES string of the molecule is COc1cc(Cl)ccc1C(=O)N1CCOC(CN(C)CC(=O)O)C1. The zero-order valence-electron chi connectivity index (χ0n) is 13.7. The highest BCUT2D eigenvalue weighted by atomic mass is 35.5. The summed E-state index contributed by atoms with van der Waals surface area (Å²) in [5.74, 6) is -0.622. The topological polar surface area (TPSA) is 79.3 Å². The van der Waals surface area contributed by atoms with Gasteiger partial charge in [0.05, 0.1) is 31.9 Å². The van der Waals surface area contributed by atoms with Crippen molar-refractivity contribution in [1.82, 2.24) is 9.80 Å². The molecule has 1 saturated heterocycles. The molecule has 1 heterocycles. The molecule has 1 aliphatic heterocycles. The minimum absolute atomic E-state index is 0.0706. The summed E-state index contributed by atoms with van der Waals surface area (Å²) in [6, 6.07) is 4.90. The number of amides is 1.